The summed E-state index contributed by atoms with van der Waals surface area (Å²) in [6, 6.07) is 4.54. The number of fused-ring (bicyclic) bond motifs is 1. The number of aliphatic carboxylic acids is 1. The Labute approximate surface area is 121 Å². The van der Waals surface area contributed by atoms with Gasteiger partial charge in [-0.05, 0) is 31.5 Å². The monoisotopic (exact) mass is 292 g/mol. The first-order valence-electron chi connectivity index (χ1n) is 6.48. The third-order valence-corrected chi connectivity index (χ3v) is 3.44. The van der Waals surface area contributed by atoms with Gasteiger partial charge in [0.25, 0.3) is 11.8 Å². The van der Waals surface area contributed by atoms with Crippen LogP contribution in [0.5, 0.6) is 5.75 Å². The minimum Gasteiger partial charge on any atom is -0.482 e. The SMILES string of the molecule is CCC(C)(NC(=O)c1ccc2c(c1)NC(=O)CO2)C(=O)O. The summed E-state index contributed by atoms with van der Waals surface area (Å²) in [5.74, 6) is -1.45. The molecule has 0 saturated carbocycles. The van der Waals surface area contributed by atoms with E-state index in [2.05, 4.69) is 10.6 Å². The molecule has 21 heavy (non-hydrogen) atoms. The third-order valence-electron chi connectivity index (χ3n) is 3.44. The number of ether oxygens (including phenoxy) is 1. The second-order valence-electron chi connectivity index (χ2n) is 4.99. The lowest BCUT2D eigenvalue weighted by molar-refractivity contribution is -0.143. The van der Waals surface area contributed by atoms with E-state index in [1.54, 1.807) is 13.0 Å². The standard InChI is InChI=1S/C14H16N2O5/c1-3-14(2,13(19)20)16-12(18)8-4-5-10-9(6-8)15-11(17)7-21-10/h4-6H,3,7H2,1-2H3,(H,15,17)(H,16,18)(H,19,20). The third kappa shape index (κ3) is 2.96. The molecule has 0 aromatic heterocycles. The van der Waals surface area contributed by atoms with Gasteiger partial charge in [-0.2, -0.15) is 0 Å². The Kier molecular flexibility index (Phi) is 3.84. The summed E-state index contributed by atoms with van der Waals surface area (Å²) < 4.78 is 5.19. The summed E-state index contributed by atoms with van der Waals surface area (Å²) in [7, 11) is 0. The highest BCUT2D eigenvalue weighted by Gasteiger charge is 2.33. The van der Waals surface area contributed by atoms with Crippen molar-refractivity contribution in [3.63, 3.8) is 0 Å². The lowest BCUT2D eigenvalue weighted by Crippen LogP contribution is -2.51. The van der Waals surface area contributed by atoms with E-state index in [1.807, 2.05) is 0 Å². The van der Waals surface area contributed by atoms with E-state index in [9.17, 15) is 14.4 Å². The maximum Gasteiger partial charge on any atom is 0.329 e. The minimum absolute atomic E-state index is 0.0640. The van der Waals surface area contributed by atoms with Gasteiger partial charge in [0.1, 0.15) is 11.3 Å². The van der Waals surface area contributed by atoms with Gasteiger partial charge in [-0.15, -0.1) is 0 Å². The van der Waals surface area contributed by atoms with E-state index in [4.69, 9.17) is 9.84 Å². The Bertz CT molecular complexity index is 613. The minimum atomic E-state index is -1.34. The fraction of sp³-hybridized carbons (Fsp3) is 0.357. The Hall–Kier alpha value is -2.57. The van der Waals surface area contributed by atoms with Crippen LogP contribution in [0.3, 0.4) is 0 Å². The number of anilines is 1. The first-order valence-corrected chi connectivity index (χ1v) is 6.48. The molecule has 1 aromatic rings. The molecule has 0 saturated heterocycles. The van der Waals surface area contributed by atoms with Gasteiger partial charge in [-0.25, -0.2) is 4.79 Å². The zero-order valence-electron chi connectivity index (χ0n) is 11.7. The molecule has 2 amide bonds. The van der Waals surface area contributed by atoms with Crippen LogP contribution in [0.2, 0.25) is 0 Å². The number of carbonyl (C=O) groups excluding carboxylic acids is 2. The maximum atomic E-state index is 12.2. The molecule has 7 heteroatoms. The van der Waals surface area contributed by atoms with Crippen molar-refractivity contribution in [1.82, 2.24) is 5.32 Å². The molecule has 1 unspecified atom stereocenters. The van der Waals surface area contributed by atoms with E-state index in [-0.39, 0.29) is 24.5 Å². The largest absolute Gasteiger partial charge is 0.482 e. The molecule has 7 nitrogen and oxygen atoms in total. The van der Waals surface area contributed by atoms with Crippen molar-refractivity contribution in [3.8, 4) is 5.75 Å². The number of hydrogen-bond donors (Lipinski definition) is 3. The Balaban J connectivity index is 2.22. The predicted octanol–water partition coefficient (Wildman–Crippen LogP) is 1.00. The number of rotatable bonds is 4. The van der Waals surface area contributed by atoms with E-state index in [1.165, 1.54) is 19.1 Å². The second-order valence-corrected chi connectivity index (χ2v) is 4.99. The number of nitrogens with one attached hydrogen (secondary N) is 2. The highest BCUT2D eigenvalue weighted by atomic mass is 16.5. The average molecular weight is 292 g/mol. The van der Waals surface area contributed by atoms with Crippen LogP contribution in [0.15, 0.2) is 18.2 Å². The topological polar surface area (TPSA) is 105 Å². The quantitative estimate of drug-likeness (QED) is 0.768. The number of carbonyl (C=O) groups is 3. The van der Waals surface area contributed by atoms with Gasteiger partial charge >= 0.3 is 5.97 Å². The zero-order valence-corrected chi connectivity index (χ0v) is 11.7. The van der Waals surface area contributed by atoms with Crippen LogP contribution >= 0.6 is 0 Å². The van der Waals surface area contributed by atoms with Crippen LogP contribution in [0.25, 0.3) is 0 Å². The van der Waals surface area contributed by atoms with Gasteiger partial charge in [0.15, 0.2) is 6.61 Å². The van der Waals surface area contributed by atoms with Crippen molar-refractivity contribution in [2.24, 2.45) is 0 Å². The van der Waals surface area contributed by atoms with Gasteiger partial charge < -0.3 is 20.5 Å². The van der Waals surface area contributed by atoms with Crippen LogP contribution in [0.1, 0.15) is 30.6 Å². The lowest BCUT2D eigenvalue weighted by atomic mass is 9.98. The summed E-state index contributed by atoms with van der Waals surface area (Å²) in [5, 5.41) is 14.2. The molecule has 1 aliphatic heterocycles. The predicted molar refractivity (Wildman–Crippen MR) is 74.4 cm³/mol. The van der Waals surface area contributed by atoms with Crippen molar-refractivity contribution in [1.29, 1.82) is 0 Å². The van der Waals surface area contributed by atoms with Gasteiger partial charge in [0, 0.05) is 5.56 Å². The first kappa shape index (κ1) is 14.8. The van der Waals surface area contributed by atoms with E-state index in [0.717, 1.165) is 0 Å². The summed E-state index contributed by atoms with van der Waals surface area (Å²) in [5.41, 5.74) is -0.694. The average Bonchev–Trinajstić information content (AvgIpc) is 2.45. The van der Waals surface area contributed by atoms with Crippen molar-refractivity contribution in [3.05, 3.63) is 23.8 Å². The van der Waals surface area contributed by atoms with Crippen molar-refractivity contribution >= 4 is 23.5 Å². The van der Waals surface area contributed by atoms with Crippen LogP contribution in [0.4, 0.5) is 5.69 Å². The van der Waals surface area contributed by atoms with E-state index >= 15 is 0 Å². The normalized spacial score (nSPS) is 16.0. The highest BCUT2D eigenvalue weighted by Crippen LogP contribution is 2.28. The molecule has 0 radical (unpaired) electrons. The summed E-state index contributed by atoms with van der Waals surface area (Å²) in [6.45, 7) is 3.05. The van der Waals surface area contributed by atoms with E-state index in [0.29, 0.717) is 11.4 Å². The van der Waals surface area contributed by atoms with Crippen LogP contribution < -0.4 is 15.4 Å². The molecule has 1 heterocycles. The Morgan fingerprint density at radius 1 is 1.48 bits per heavy atom. The van der Waals surface area contributed by atoms with Gasteiger partial charge in [-0.1, -0.05) is 6.92 Å². The molecular weight excluding hydrogens is 276 g/mol. The first-order chi connectivity index (χ1) is 9.85. The fourth-order valence-electron chi connectivity index (χ4n) is 1.84. The van der Waals surface area contributed by atoms with Crippen LogP contribution in [-0.2, 0) is 9.59 Å². The van der Waals surface area contributed by atoms with Gasteiger partial charge in [0.05, 0.1) is 5.69 Å². The molecule has 1 aliphatic rings. The van der Waals surface area contributed by atoms with Crippen molar-refractivity contribution in [2.75, 3.05) is 11.9 Å². The maximum absolute atomic E-state index is 12.2. The van der Waals surface area contributed by atoms with Crippen molar-refractivity contribution < 1.29 is 24.2 Å². The zero-order chi connectivity index (χ0) is 15.6. The van der Waals surface area contributed by atoms with Crippen LogP contribution in [0, 0.1) is 0 Å². The molecule has 1 atom stereocenters. The molecule has 0 spiro atoms. The Morgan fingerprint density at radius 2 is 2.19 bits per heavy atom. The van der Waals surface area contributed by atoms with Gasteiger partial charge in [-0.3, -0.25) is 9.59 Å². The van der Waals surface area contributed by atoms with Crippen LogP contribution in [-0.4, -0.2) is 35.0 Å². The molecule has 0 fully saturated rings. The summed E-state index contributed by atoms with van der Waals surface area (Å²) >= 11 is 0. The molecule has 0 aliphatic carbocycles. The molecule has 0 bridgehead atoms. The number of benzene rings is 1. The fourth-order valence-corrected chi connectivity index (χ4v) is 1.84. The Morgan fingerprint density at radius 3 is 2.81 bits per heavy atom. The molecule has 112 valence electrons. The van der Waals surface area contributed by atoms with E-state index < -0.39 is 17.4 Å². The lowest BCUT2D eigenvalue weighted by Gasteiger charge is -2.25. The second kappa shape index (κ2) is 5.43. The molecule has 2 rings (SSSR count). The summed E-state index contributed by atoms with van der Waals surface area (Å²) in [4.78, 5) is 34.6. The van der Waals surface area contributed by atoms with Crippen molar-refractivity contribution in [2.45, 2.75) is 25.8 Å². The smallest absolute Gasteiger partial charge is 0.329 e. The number of amides is 2. The summed E-state index contributed by atoms with van der Waals surface area (Å²) in [6.07, 6.45) is 0.249. The number of hydrogen-bond acceptors (Lipinski definition) is 4. The number of carboxylic acids is 1. The molecule has 1 aromatic carbocycles. The van der Waals surface area contributed by atoms with Gasteiger partial charge in [0.2, 0.25) is 0 Å². The molecular formula is C14H16N2O5. The highest BCUT2D eigenvalue weighted by molar-refractivity contribution is 6.01. The molecule has 3 N–H and O–H groups in total. The number of carboxylic acid groups (broad SMARTS) is 1.